The van der Waals surface area contributed by atoms with Crippen LogP contribution in [-0.2, 0) is 9.53 Å². The minimum atomic E-state index is -0.435. The average molecular weight is 564 g/mol. The number of benzene rings is 2. The summed E-state index contributed by atoms with van der Waals surface area (Å²) in [6.45, 7) is 9.74. The Morgan fingerprint density at radius 3 is 2.73 bits per heavy atom. The van der Waals surface area contributed by atoms with E-state index in [-0.39, 0.29) is 17.4 Å². The highest BCUT2D eigenvalue weighted by Gasteiger charge is 2.54. The molecule has 4 aromatic rings. The Hall–Kier alpha value is -3.69. The lowest BCUT2D eigenvalue weighted by Crippen LogP contribution is -2.63. The number of halogens is 2. The molecule has 2 fully saturated rings. The molecule has 8 nitrogen and oxygen atoms in total. The molecule has 1 aliphatic carbocycles. The summed E-state index contributed by atoms with van der Waals surface area (Å²) in [6, 6.07) is 6.93. The number of nitrogens with zero attached hydrogens (tertiary/aromatic N) is 4. The zero-order chi connectivity index (χ0) is 28.2. The van der Waals surface area contributed by atoms with Crippen molar-refractivity contribution in [3.63, 3.8) is 0 Å². The number of fused-ring (bicyclic) bond motifs is 1. The number of carbonyl (C=O) groups excluding carboxylic acids is 1. The number of ether oxygens (including phenoxy) is 2. The standard InChI is InChI=1S/C30H31ClFN5O3/c1-5-25(38)36-15-30(16-36)12-19(13-30)37-18(3)26(27-22-14-33-34-24(22)10-17(2)28(27)31)29(35-37)21-7-6-20(11-23(21)32)40-9-8-39-4/h5-7,10-11,14,19H,1,8-9,12-13,15-16H2,2-4H3,(H,33,34). The smallest absolute Gasteiger partial charge is 0.245 e. The monoisotopic (exact) mass is 563 g/mol. The fourth-order valence-electron chi connectivity index (χ4n) is 6.25. The lowest BCUT2D eigenvalue weighted by Gasteiger charge is -2.58. The van der Waals surface area contributed by atoms with Gasteiger partial charge in [0.05, 0.1) is 29.4 Å². The molecule has 2 aliphatic rings. The van der Waals surface area contributed by atoms with E-state index in [1.807, 2.05) is 29.5 Å². The van der Waals surface area contributed by atoms with Crippen LogP contribution < -0.4 is 4.74 Å². The summed E-state index contributed by atoms with van der Waals surface area (Å²) in [5.41, 5.74) is 5.20. The molecule has 1 saturated heterocycles. The zero-order valence-corrected chi connectivity index (χ0v) is 23.5. The van der Waals surface area contributed by atoms with E-state index >= 15 is 4.39 Å². The minimum absolute atomic E-state index is 0.0303. The van der Waals surface area contributed by atoms with Gasteiger partial charge in [-0.1, -0.05) is 18.2 Å². The van der Waals surface area contributed by atoms with E-state index < -0.39 is 5.82 Å². The molecule has 1 aliphatic heterocycles. The Morgan fingerprint density at radius 2 is 2.02 bits per heavy atom. The molecule has 0 unspecified atom stereocenters. The Labute approximate surface area is 236 Å². The maximum atomic E-state index is 15.7. The third-order valence-corrected chi connectivity index (χ3v) is 8.73. The van der Waals surface area contributed by atoms with E-state index in [9.17, 15) is 4.79 Å². The molecule has 0 atom stereocenters. The Morgan fingerprint density at radius 1 is 1.25 bits per heavy atom. The van der Waals surface area contributed by atoms with Crippen LogP contribution in [0.3, 0.4) is 0 Å². The second-order valence-electron chi connectivity index (χ2n) is 10.9. The summed E-state index contributed by atoms with van der Waals surface area (Å²) in [6.07, 6.45) is 4.90. The molecule has 6 rings (SSSR count). The quantitative estimate of drug-likeness (QED) is 0.214. The summed E-state index contributed by atoms with van der Waals surface area (Å²) in [7, 11) is 1.59. The van der Waals surface area contributed by atoms with Crippen molar-refractivity contribution in [1.29, 1.82) is 0 Å². The zero-order valence-electron chi connectivity index (χ0n) is 22.8. The second-order valence-corrected chi connectivity index (χ2v) is 11.3. The summed E-state index contributed by atoms with van der Waals surface area (Å²) < 4.78 is 28.4. The van der Waals surface area contributed by atoms with Crippen LogP contribution in [-0.4, -0.2) is 64.2 Å². The Bertz CT molecular complexity index is 1630. The van der Waals surface area contributed by atoms with Crippen LogP contribution >= 0.6 is 11.6 Å². The molecule has 1 saturated carbocycles. The third-order valence-electron chi connectivity index (χ3n) is 8.24. The SMILES string of the molecule is C=CC(=O)N1CC2(CC(n3nc(-c4ccc(OCCOC)cc4F)c(-c4c(Cl)c(C)cc5[nH]ncc45)c3C)C2)C1. The van der Waals surface area contributed by atoms with Gasteiger partial charge in [-0.25, -0.2) is 4.39 Å². The van der Waals surface area contributed by atoms with Gasteiger partial charge in [0, 0.05) is 59.5 Å². The summed E-state index contributed by atoms with van der Waals surface area (Å²) in [5, 5.41) is 13.8. The molecule has 2 aromatic carbocycles. The number of rotatable bonds is 8. The number of hydrogen-bond acceptors (Lipinski definition) is 5. The molecular weight excluding hydrogens is 533 g/mol. The largest absolute Gasteiger partial charge is 0.491 e. The maximum Gasteiger partial charge on any atom is 0.245 e. The van der Waals surface area contributed by atoms with Crippen molar-refractivity contribution in [2.75, 3.05) is 33.4 Å². The minimum Gasteiger partial charge on any atom is -0.491 e. The number of likely N-dealkylation sites (tertiary alicyclic amines) is 1. The molecule has 1 spiro atoms. The van der Waals surface area contributed by atoms with E-state index in [1.54, 1.807) is 25.4 Å². The van der Waals surface area contributed by atoms with Crippen LogP contribution in [0.15, 0.2) is 43.1 Å². The van der Waals surface area contributed by atoms with Gasteiger partial charge in [-0.05, 0) is 56.5 Å². The van der Waals surface area contributed by atoms with Crippen molar-refractivity contribution < 1.29 is 18.7 Å². The first-order valence-electron chi connectivity index (χ1n) is 13.3. The summed E-state index contributed by atoms with van der Waals surface area (Å²) >= 11 is 6.95. The number of H-pyrrole nitrogens is 1. The van der Waals surface area contributed by atoms with Crippen LogP contribution in [0.2, 0.25) is 5.02 Å². The van der Waals surface area contributed by atoms with Gasteiger partial charge in [-0.15, -0.1) is 0 Å². The first-order chi connectivity index (χ1) is 19.2. The molecule has 2 aromatic heterocycles. The number of hydrogen-bond donors (Lipinski definition) is 1. The van der Waals surface area contributed by atoms with Crippen LogP contribution in [0.5, 0.6) is 5.75 Å². The fraction of sp³-hybridized carbons (Fsp3) is 0.367. The van der Waals surface area contributed by atoms with Gasteiger partial charge in [-0.2, -0.15) is 10.2 Å². The number of aryl methyl sites for hydroxylation is 1. The maximum absolute atomic E-state index is 15.7. The van der Waals surface area contributed by atoms with E-state index in [1.165, 1.54) is 12.1 Å². The highest BCUT2D eigenvalue weighted by molar-refractivity contribution is 6.36. The molecule has 1 N–H and O–H groups in total. The van der Waals surface area contributed by atoms with Crippen molar-refractivity contribution in [1.82, 2.24) is 24.9 Å². The molecule has 3 heterocycles. The fourth-order valence-corrected chi connectivity index (χ4v) is 6.50. The van der Waals surface area contributed by atoms with Gasteiger partial charge < -0.3 is 14.4 Å². The molecule has 10 heteroatoms. The van der Waals surface area contributed by atoms with Gasteiger partial charge in [0.1, 0.15) is 23.9 Å². The molecule has 208 valence electrons. The normalized spacial score (nSPS) is 16.3. The predicted octanol–water partition coefficient (Wildman–Crippen LogP) is 5.88. The molecule has 40 heavy (non-hydrogen) atoms. The first-order valence-corrected chi connectivity index (χ1v) is 13.7. The van der Waals surface area contributed by atoms with Crippen molar-refractivity contribution in [3.8, 4) is 28.1 Å². The lowest BCUT2D eigenvalue weighted by molar-refractivity contribution is -0.149. The number of methoxy groups -OCH3 is 1. The van der Waals surface area contributed by atoms with E-state index in [0.29, 0.717) is 35.2 Å². The van der Waals surface area contributed by atoms with Gasteiger partial charge in [-0.3, -0.25) is 14.6 Å². The van der Waals surface area contributed by atoms with Gasteiger partial charge in [0.15, 0.2) is 0 Å². The van der Waals surface area contributed by atoms with E-state index in [4.69, 9.17) is 26.2 Å². The van der Waals surface area contributed by atoms with Crippen molar-refractivity contribution in [2.24, 2.45) is 5.41 Å². The molecule has 0 radical (unpaired) electrons. The highest BCUT2D eigenvalue weighted by Crippen LogP contribution is 2.55. The van der Waals surface area contributed by atoms with Crippen LogP contribution in [0.1, 0.15) is 30.1 Å². The van der Waals surface area contributed by atoms with E-state index in [2.05, 4.69) is 16.8 Å². The van der Waals surface area contributed by atoms with Crippen LogP contribution in [0, 0.1) is 25.1 Å². The first kappa shape index (κ1) is 26.5. The second kappa shape index (κ2) is 10.1. The summed E-state index contributed by atoms with van der Waals surface area (Å²) in [5.74, 6) is -0.0423. The predicted molar refractivity (Wildman–Crippen MR) is 152 cm³/mol. The third kappa shape index (κ3) is 4.28. The molecular formula is C30H31ClFN5O3. The van der Waals surface area contributed by atoms with Gasteiger partial charge in [0.2, 0.25) is 5.91 Å². The summed E-state index contributed by atoms with van der Waals surface area (Å²) in [4.78, 5) is 13.8. The Balaban J connectivity index is 1.42. The van der Waals surface area contributed by atoms with Crippen molar-refractivity contribution in [3.05, 3.63) is 65.2 Å². The van der Waals surface area contributed by atoms with Crippen LogP contribution in [0.25, 0.3) is 33.3 Å². The Kier molecular flexibility index (Phi) is 6.67. The lowest BCUT2D eigenvalue weighted by atomic mass is 9.60. The molecule has 0 bridgehead atoms. The number of amides is 1. The number of nitrogens with one attached hydrogen (secondary N) is 1. The topological polar surface area (TPSA) is 85.3 Å². The number of carbonyl (C=O) groups is 1. The highest BCUT2D eigenvalue weighted by atomic mass is 35.5. The molecule has 1 amide bonds. The van der Waals surface area contributed by atoms with E-state index in [0.717, 1.165) is 59.2 Å². The average Bonchev–Trinajstić information content (AvgIpc) is 3.48. The van der Waals surface area contributed by atoms with Crippen molar-refractivity contribution >= 4 is 28.4 Å². The number of aromatic nitrogens is 4. The van der Waals surface area contributed by atoms with Crippen molar-refractivity contribution in [2.45, 2.75) is 32.7 Å². The number of aromatic amines is 1. The van der Waals surface area contributed by atoms with Crippen LogP contribution in [0.4, 0.5) is 4.39 Å². The van der Waals surface area contributed by atoms with Gasteiger partial charge in [0.25, 0.3) is 0 Å². The van der Waals surface area contributed by atoms with Gasteiger partial charge >= 0.3 is 0 Å².